The summed E-state index contributed by atoms with van der Waals surface area (Å²) in [5, 5.41) is 24.3. The Balaban J connectivity index is 4.52. The monoisotopic (exact) mass is 393 g/mol. The largest absolute Gasteiger partial charge is 0.480 e. The Morgan fingerprint density at radius 3 is 2.12 bits per heavy atom. The molecule has 0 saturated heterocycles. The van der Waals surface area contributed by atoms with Crippen LogP contribution in [0.3, 0.4) is 0 Å². The van der Waals surface area contributed by atoms with E-state index >= 15 is 0 Å². The molecule has 12 nitrogen and oxygen atoms in total. The van der Waals surface area contributed by atoms with E-state index in [-0.39, 0.29) is 18.6 Å². The first-order valence-corrected chi connectivity index (χ1v) is 8.11. The molecule has 26 heavy (non-hydrogen) atoms. The van der Waals surface area contributed by atoms with Crippen molar-refractivity contribution in [3.63, 3.8) is 0 Å². The number of rotatable bonds is 12. The number of carboxylic acids is 1. The summed E-state index contributed by atoms with van der Waals surface area (Å²) < 4.78 is 0. The van der Waals surface area contributed by atoms with Crippen molar-refractivity contribution in [1.29, 1.82) is 0 Å². The van der Waals surface area contributed by atoms with Crippen LogP contribution in [0, 0.1) is 0 Å². The molecule has 0 aromatic heterocycles. The van der Waals surface area contributed by atoms with Crippen molar-refractivity contribution in [1.82, 2.24) is 16.0 Å². The molecule has 0 aliphatic heterocycles. The van der Waals surface area contributed by atoms with Crippen LogP contribution in [-0.2, 0) is 24.0 Å². The first-order valence-electron chi connectivity index (χ1n) is 7.48. The van der Waals surface area contributed by atoms with Crippen molar-refractivity contribution in [2.24, 2.45) is 11.5 Å². The maximum Gasteiger partial charge on any atom is 0.326 e. The minimum Gasteiger partial charge on any atom is -0.480 e. The number of carboxylic acid groups (broad SMARTS) is 1. The lowest BCUT2D eigenvalue weighted by Gasteiger charge is -2.19. The van der Waals surface area contributed by atoms with Crippen LogP contribution in [0.15, 0.2) is 0 Å². The minimum absolute atomic E-state index is 0.103. The third-order valence-electron chi connectivity index (χ3n) is 3.08. The number of amides is 4. The molecular weight excluding hydrogens is 370 g/mol. The highest BCUT2D eigenvalue weighted by Crippen LogP contribution is 1.97. The summed E-state index contributed by atoms with van der Waals surface area (Å²) in [5.74, 6) is -4.52. The molecule has 0 radical (unpaired) electrons. The second-order valence-corrected chi connectivity index (χ2v) is 5.58. The van der Waals surface area contributed by atoms with Crippen LogP contribution >= 0.6 is 12.6 Å². The smallest absolute Gasteiger partial charge is 0.326 e. The topological polar surface area (TPSA) is 214 Å². The molecule has 148 valence electrons. The van der Waals surface area contributed by atoms with Gasteiger partial charge in [0.25, 0.3) is 0 Å². The van der Waals surface area contributed by atoms with Crippen LogP contribution in [0.5, 0.6) is 0 Å². The van der Waals surface area contributed by atoms with E-state index in [1.165, 1.54) is 0 Å². The summed E-state index contributed by atoms with van der Waals surface area (Å²) >= 11 is 3.90. The molecule has 9 N–H and O–H groups in total. The Morgan fingerprint density at radius 2 is 1.65 bits per heavy atom. The van der Waals surface area contributed by atoms with E-state index in [4.69, 9.17) is 21.7 Å². The molecule has 4 amide bonds. The molecule has 0 aromatic carbocycles. The molecule has 0 aliphatic rings. The number of aliphatic hydroxyl groups excluding tert-OH is 1. The Morgan fingerprint density at radius 1 is 1.04 bits per heavy atom. The second kappa shape index (κ2) is 12.1. The molecule has 0 spiro atoms. The number of thiol groups is 1. The Bertz CT molecular complexity index is 545. The van der Waals surface area contributed by atoms with Crippen LogP contribution in [-0.4, -0.2) is 76.8 Å². The third-order valence-corrected chi connectivity index (χ3v) is 3.45. The first-order chi connectivity index (χ1) is 12.1. The van der Waals surface area contributed by atoms with E-state index in [2.05, 4.69) is 28.6 Å². The van der Waals surface area contributed by atoms with E-state index in [1.54, 1.807) is 0 Å². The predicted molar refractivity (Wildman–Crippen MR) is 91.8 cm³/mol. The van der Waals surface area contributed by atoms with Crippen molar-refractivity contribution >= 4 is 42.2 Å². The van der Waals surface area contributed by atoms with E-state index in [1.807, 2.05) is 0 Å². The van der Waals surface area contributed by atoms with E-state index in [0.29, 0.717) is 0 Å². The van der Waals surface area contributed by atoms with Crippen LogP contribution < -0.4 is 27.4 Å². The van der Waals surface area contributed by atoms with Gasteiger partial charge in [-0.25, -0.2) is 4.79 Å². The molecule has 0 rings (SSSR count). The summed E-state index contributed by atoms with van der Waals surface area (Å²) in [6.07, 6.45) is -0.429. The molecule has 3 unspecified atom stereocenters. The van der Waals surface area contributed by atoms with Gasteiger partial charge >= 0.3 is 5.97 Å². The van der Waals surface area contributed by atoms with Gasteiger partial charge in [-0.15, -0.1) is 0 Å². The number of hydrogen-bond donors (Lipinski definition) is 8. The lowest BCUT2D eigenvalue weighted by Crippen LogP contribution is -2.54. The number of hydrogen-bond acceptors (Lipinski definition) is 8. The van der Waals surface area contributed by atoms with Crippen molar-refractivity contribution in [2.45, 2.75) is 31.0 Å². The van der Waals surface area contributed by atoms with Gasteiger partial charge in [0.05, 0.1) is 13.2 Å². The average molecular weight is 393 g/mol. The highest BCUT2D eigenvalue weighted by molar-refractivity contribution is 7.80. The number of primary amides is 1. The van der Waals surface area contributed by atoms with Crippen molar-refractivity contribution in [3.05, 3.63) is 0 Å². The lowest BCUT2D eigenvalue weighted by molar-refractivity contribution is -0.142. The number of aliphatic hydroxyl groups is 1. The zero-order valence-electron chi connectivity index (χ0n) is 13.8. The normalized spacial score (nSPS) is 13.8. The molecule has 0 fully saturated rings. The standard InChI is InChI=1S/C13H23N5O7S/c14-6(4-19)11(22)18-8(5-26)12(23)16-3-10(21)17-7(13(24)25)1-2-9(15)20/h6-8,19,26H,1-5,14H2,(H2,15,20)(H,16,23)(H,17,21)(H,18,22)(H,24,25). The molecule has 0 bridgehead atoms. The number of nitrogens with two attached hydrogens (primary N) is 2. The van der Waals surface area contributed by atoms with Gasteiger partial charge in [0, 0.05) is 12.2 Å². The first kappa shape index (κ1) is 23.6. The zero-order valence-corrected chi connectivity index (χ0v) is 14.7. The van der Waals surface area contributed by atoms with Gasteiger partial charge in [0.1, 0.15) is 18.1 Å². The maximum absolute atomic E-state index is 11.9. The highest BCUT2D eigenvalue weighted by atomic mass is 32.1. The fourth-order valence-electron chi connectivity index (χ4n) is 1.64. The zero-order chi connectivity index (χ0) is 20.3. The SMILES string of the molecule is NC(=O)CCC(NC(=O)CNC(=O)C(CS)NC(=O)C(N)CO)C(=O)O. The summed E-state index contributed by atoms with van der Waals surface area (Å²) in [6.45, 7) is -1.18. The fourth-order valence-corrected chi connectivity index (χ4v) is 1.89. The van der Waals surface area contributed by atoms with E-state index in [9.17, 15) is 24.0 Å². The van der Waals surface area contributed by atoms with Crippen LogP contribution in [0.25, 0.3) is 0 Å². The van der Waals surface area contributed by atoms with Gasteiger partial charge in [-0.05, 0) is 6.42 Å². The number of carbonyl (C=O) groups is 5. The van der Waals surface area contributed by atoms with Crippen LogP contribution in [0.4, 0.5) is 0 Å². The van der Waals surface area contributed by atoms with Crippen molar-refractivity contribution in [3.8, 4) is 0 Å². The van der Waals surface area contributed by atoms with Crippen LogP contribution in [0.1, 0.15) is 12.8 Å². The minimum atomic E-state index is -1.36. The van der Waals surface area contributed by atoms with Gasteiger partial charge in [0.2, 0.25) is 23.6 Å². The van der Waals surface area contributed by atoms with Crippen molar-refractivity contribution < 1.29 is 34.2 Å². The average Bonchev–Trinajstić information content (AvgIpc) is 2.59. The maximum atomic E-state index is 11.9. The molecule has 0 saturated carbocycles. The third kappa shape index (κ3) is 9.19. The number of carbonyl (C=O) groups excluding carboxylic acids is 4. The summed E-state index contributed by atoms with van der Waals surface area (Å²) in [5.41, 5.74) is 10.2. The van der Waals surface area contributed by atoms with Gasteiger partial charge in [-0.3, -0.25) is 19.2 Å². The number of nitrogens with one attached hydrogen (secondary N) is 3. The van der Waals surface area contributed by atoms with Gasteiger partial charge in [-0.1, -0.05) is 0 Å². The Kier molecular flexibility index (Phi) is 10.9. The van der Waals surface area contributed by atoms with Gasteiger partial charge in [-0.2, -0.15) is 12.6 Å². The molecule has 0 heterocycles. The van der Waals surface area contributed by atoms with Crippen molar-refractivity contribution in [2.75, 3.05) is 18.9 Å². The van der Waals surface area contributed by atoms with Gasteiger partial charge < -0.3 is 37.6 Å². The number of aliphatic carboxylic acids is 1. The molecule has 3 atom stereocenters. The quantitative estimate of drug-likeness (QED) is 0.151. The van der Waals surface area contributed by atoms with Gasteiger partial charge in [0.15, 0.2) is 0 Å². The summed E-state index contributed by atoms with van der Waals surface area (Å²) in [6, 6.07) is -3.66. The lowest BCUT2D eigenvalue weighted by atomic mass is 10.1. The highest BCUT2D eigenvalue weighted by Gasteiger charge is 2.24. The van der Waals surface area contributed by atoms with E-state index < -0.39 is 60.9 Å². The molecule has 0 aliphatic carbocycles. The Hall–Kier alpha value is -2.38. The van der Waals surface area contributed by atoms with E-state index in [0.717, 1.165) is 0 Å². The molecule has 0 aromatic rings. The molecule has 13 heteroatoms. The fraction of sp³-hybridized carbons (Fsp3) is 0.615. The van der Waals surface area contributed by atoms with Crippen LogP contribution in [0.2, 0.25) is 0 Å². The summed E-state index contributed by atoms with van der Waals surface area (Å²) in [7, 11) is 0. The predicted octanol–water partition coefficient (Wildman–Crippen LogP) is -4.33. The summed E-state index contributed by atoms with van der Waals surface area (Å²) in [4.78, 5) is 56.9. The Labute approximate surface area is 154 Å². The second-order valence-electron chi connectivity index (χ2n) is 5.21. The molecular formula is C13H23N5O7S.